The van der Waals surface area contributed by atoms with E-state index < -0.39 is 0 Å². The lowest BCUT2D eigenvalue weighted by Crippen LogP contribution is -1.95. The average molecular weight is 652 g/mol. The van der Waals surface area contributed by atoms with Gasteiger partial charge in [0.25, 0.3) is 0 Å². The summed E-state index contributed by atoms with van der Waals surface area (Å²) in [6, 6.07) is 52.2. The van der Waals surface area contributed by atoms with E-state index in [1.807, 2.05) is 18.6 Å². The van der Waals surface area contributed by atoms with Crippen molar-refractivity contribution < 1.29 is 0 Å². The van der Waals surface area contributed by atoms with Gasteiger partial charge in [0.2, 0.25) is 0 Å². The third-order valence-electron chi connectivity index (χ3n) is 10.6. The van der Waals surface area contributed by atoms with Crippen molar-refractivity contribution in [2.24, 2.45) is 0 Å². The summed E-state index contributed by atoms with van der Waals surface area (Å²) in [7, 11) is 0. The second-order valence-electron chi connectivity index (χ2n) is 13.3. The fraction of sp³-hybridized carbons (Fsp3) is 0.0217. The minimum Gasteiger partial charge on any atom is -0.309 e. The zero-order valence-corrected chi connectivity index (χ0v) is 27.5. The van der Waals surface area contributed by atoms with Crippen LogP contribution >= 0.6 is 0 Å². The van der Waals surface area contributed by atoms with Gasteiger partial charge in [-0.05, 0) is 82.9 Å². The number of aromatic nitrogens is 5. The lowest BCUT2D eigenvalue weighted by molar-refractivity contribution is 0.959. The summed E-state index contributed by atoms with van der Waals surface area (Å²) < 4.78 is 4.71. The van der Waals surface area contributed by atoms with Crippen LogP contribution in [0.4, 0.5) is 0 Å². The van der Waals surface area contributed by atoms with Gasteiger partial charge in [-0.3, -0.25) is 4.98 Å². The van der Waals surface area contributed by atoms with Crippen LogP contribution in [0, 0.1) is 0 Å². The molecule has 5 nitrogen and oxygen atoms in total. The summed E-state index contributed by atoms with van der Waals surface area (Å²) >= 11 is 0. The molecule has 238 valence electrons. The molecule has 4 heterocycles. The molecule has 0 bridgehead atoms. The number of benzene rings is 6. The molecule has 0 amide bonds. The Bertz CT molecular complexity index is 2790. The number of hydrogen-bond acceptors (Lipinski definition) is 3. The minimum atomic E-state index is 0.706. The minimum absolute atomic E-state index is 0.706. The van der Waals surface area contributed by atoms with Crippen LogP contribution < -0.4 is 0 Å². The van der Waals surface area contributed by atoms with E-state index in [9.17, 15) is 0 Å². The van der Waals surface area contributed by atoms with E-state index in [1.54, 1.807) is 0 Å². The quantitative estimate of drug-likeness (QED) is 0.190. The lowest BCUT2D eigenvalue weighted by Gasteiger charge is -2.14. The van der Waals surface area contributed by atoms with Crippen molar-refractivity contribution in [3.05, 3.63) is 175 Å². The number of pyridine rings is 1. The molecule has 0 fully saturated rings. The van der Waals surface area contributed by atoms with Crippen molar-refractivity contribution in [2.75, 3.05) is 0 Å². The average Bonchev–Trinajstić information content (AvgIpc) is 3.86. The van der Waals surface area contributed by atoms with Crippen LogP contribution in [0.3, 0.4) is 0 Å². The highest BCUT2D eigenvalue weighted by molar-refractivity contribution is 6.12. The van der Waals surface area contributed by atoms with Crippen molar-refractivity contribution >= 4 is 43.6 Å². The van der Waals surface area contributed by atoms with Gasteiger partial charge in [0.1, 0.15) is 0 Å². The summed E-state index contributed by atoms with van der Waals surface area (Å²) in [5.74, 6) is 0. The molecular weight excluding hydrogens is 623 g/mol. The Hall–Kier alpha value is -6.85. The molecule has 1 aliphatic carbocycles. The molecule has 4 aromatic heterocycles. The van der Waals surface area contributed by atoms with Crippen molar-refractivity contribution in [2.45, 2.75) is 6.42 Å². The van der Waals surface area contributed by atoms with E-state index in [0.29, 0.717) is 6.42 Å². The standard InChI is InChI=1S/C46H29N5/c1-3-11-32(12-4-1)50-41-17-9-7-15-34(41)36-23-29(19-21-43(36)50)38-27-47-26-31-25-40-46(45(31)38)39(28-48-49-40)30-20-22-44-37(24-30)35-16-8-10-18-42(35)51(44)33-13-5-2-6-14-33/h1-24,26-28H,25H2. The van der Waals surface area contributed by atoms with Crippen LogP contribution in [0.25, 0.3) is 88.4 Å². The van der Waals surface area contributed by atoms with E-state index in [4.69, 9.17) is 10.1 Å². The Morgan fingerprint density at radius 3 is 1.53 bits per heavy atom. The van der Waals surface area contributed by atoms with Gasteiger partial charge in [-0.15, -0.1) is 0 Å². The van der Waals surface area contributed by atoms with E-state index in [1.165, 1.54) is 54.7 Å². The third kappa shape index (κ3) is 4.12. The molecule has 1 aliphatic rings. The maximum absolute atomic E-state index is 4.76. The molecule has 0 radical (unpaired) electrons. The van der Waals surface area contributed by atoms with Gasteiger partial charge in [0.05, 0.1) is 34.0 Å². The molecule has 0 aliphatic heterocycles. The molecule has 0 N–H and O–H groups in total. The molecule has 0 saturated heterocycles. The number of nitrogens with zero attached hydrogens (tertiary/aromatic N) is 5. The Morgan fingerprint density at radius 1 is 0.431 bits per heavy atom. The van der Waals surface area contributed by atoms with Gasteiger partial charge >= 0.3 is 0 Å². The first-order valence-corrected chi connectivity index (χ1v) is 17.3. The number of para-hydroxylation sites is 4. The Labute approximate surface area is 293 Å². The molecule has 0 saturated carbocycles. The molecule has 0 atom stereocenters. The van der Waals surface area contributed by atoms with Gasteiger partial charge in [-0.1, -0.05) is 84.9 Å². The molecular formula is C46H29N5. The van der Waals surface area contributed by atoms with Crippen LogP contribution in [-0.4, -0.2) is 24.3 Å². The first-order chi connectivity index (χ1) is 25.3. The highest BCUT2D eigenvalue weighted by Crippen LogP contribution is 2.47. The SMILES string of the molecule is c1ccc(-n2c3ccccc3c3cc(-c4cncc5c4-c4c(-c6ccc7c(c6)c6ccccc6n7-c6ccccc6)cnnc4C5)ccc32)cc1. The summed E-state index contributed by atoms with van der Waals surface area (Å²) in [5.41, 5.74) is 16.0. The van der Waals surface area contributed by atoms with Crippen LogP contribution in [-0.2, 0) is 6.42 Å². The predicted octanol–water partition coefficient (Wildman–Crippen LogP) is 11.0. The smallest absolute Gasteiger partial charge is 0.0760 e. The van der Waals surface area contributed by atoms with Crippen LogP contribution in [0.1, 0.15) is 11.3 Å². The van der Waals surface area contributed by atoms with Crippen LogP contribution in [0.5, 0.6) is 0 Å². The maximum Gasteiger partial charge on any atom is 0.0760 e. The highest BCUT2D eigenvalue weighted by Gasteiger charge is 2.28. The van der Waals surface area contributed by atoms with Gasteiger partial charge < -0.3 is 9.13 Å². The topological polar surface area (TPSA) is 48.5 Å². The van der Waals surface area contributed by atoms with Crippen LogP contribution in [0.15, 0.2) is 164 Å². The van der Waals surface area contributed by atoms with Crippen molar-refractivity contribution in [3.63, 3.8) is 0 Å². The maximum atomic E-state index is 4.76. The number of hydrogen-bond donors (Lipinski definition) is 0. The molecule has 0 spiro atoms. The Morgan fingerprint density at radius 2 is 0.941 bits per heavy atom. The Balaban J connectivity index is 1.11. The van der Waals surface area contributed by atoms with Crippen molar-refractivity contribution in [1.82, 2.24) is 24.3 Å². The summed E-state index contributed by atoms with van der Waals surface area (Å²) in [6.45, 7) is 0. The van der Waals surface area contributed by atoms with Crippen LogP contribution in [0.2, 0.25) is 0 Å². The van der Waals surface area contributed by atoms with Gasteiger partial charge in [0, 0.05) is 68.4 Å². The monoisotopic (exact) mass is 651 g/mol. The fourth-order valence-corrected chi connectivity index (χ4v) is 8.37. The predicted molar refractivity (Wildman–Crippen MR) is 208 cm³/mol. The van der Waals surface area contributed by atoms with Gasteiger partial charge in [-0.25, -0.2) is 0 Å². The van der Waals surface area contributed by atoms with E-state index in [0.717, 1.165) is 44.9 Å². The fourth-order valence-electron chi connectivity index (χ4n) is 8.37. The molecule has 6 aromatic carbocycles. The molecule has 51 heavy (non-hydrogen) atoms. The van der Waals surface area contributed by atoms with Crippen molar-refractivity contribution in [1.29, 1.82) is 0 Å². The zero-order chi connectivity index (χ0) is 33.5. The zero-order valence-electron chi connectivity index (χ0n) is 27.5. The summed E-state index contributed by atoms with van der Waals surface area (Å²) in [5, 5.41) is 14.1. The van der Waals surface area contributed by atoms with Gasteiger partial charge in [-0.2, -0.15) is 10.2 Å². The molecule has 5 heteroatoms. The second kappa shape index (κ2) is 10.8. The largest absolute Gasteiger partial charge is 0.309 e. The molecule has 10 aromatic rings. The molecule has 0 unspecified atom stereocenters. The summed E-state index contributed by atoms with van der Waals surface area (Å²) in [4.78, 5) is 4.76. The van der Waals surface area contributed by atoms with E-state index in [-0.39, 0.29) is 0 Å². The number of fused-ring (bicyclic) bond motifs is 9. The normalized spacial score (nSPS) is 12.2. The van der Waals surface area contributed by atoms with E-state index >= 15 is 0 Å². The Kier molecular flexibility index (Phi) is 5.95. The lowest BCUT2D eigenvalue weighted by atomic mass is 9.91. The first-order valence-electron chi connectivity index (χ1n) is 17.3. The third-order valence-corrected chi connectivity index (χ3v) is 10.6. The second-order valence-corrected chi connectivity index (χ2v) is 13.3. The number of rotatable bonds is 4. The highest BCUT2D eigenvalue weighted by atomic mass is 15.1. The van der Waals surface area contributed by atoms with Gasteiger partial charge in [0.15, 0.2) is 0 Å². The molecule has 11 rings (SSSR count). The summed E-state index contributed by atoms with van der Waals surface area (Å²) in [6.07, 6.45) is 6.66. The van der Waals surface area contributed by atoms with E-state index in [2.05, 4.69) is 160 Å². The van der Waals surface area contributed by atoms with Crippen molar-refractivity contribution in [3.8, 4) is 44.8 Å². The first kappa shape index (κ1) is 28.0.